The fraction of sp³-hybridized carbons (Fsp3) is 0.500. The first-order chi connectivity index (χ1) is 12.7. The van der Waals surface area contributed by atoms with Crippen molar-refractivity contribution in [1.82, 2.24) is 14.9 Å². The zero-order valence-electron chi connectivity index (χ0n) is 14.9. The van der Waals surface area contributed by atoms with Gasteiger partial charge in [0.05, 0.1) is 5.60 Å². The summed E-state index contributed by atoms with van der Waals surface area (Å²) in [7, 11) is 0. The molecular weight excluding hydrogens is 348 g/mol. The highest BCUT2D eigenvalue weighted by Crippen LogP contribution is 2.36. The summed E-state index contributed by atoms with van der Waals surface area (Å²) < 4.78 is 6.26. The lowest BCUT2D eigenvalue weighted by Gasteiger charge is -2.46. The maximum Gasteiger partial charge on any atom is 0.222 e. The summed E-state index contributed by atoms with van der Waals surface area (Å²) in [5.74, 6) is 0.714. The van der Waals surface area contributed by atoms with Gasteiger partial charge in [-0.15, -0.1) is 0 Å². The largest absolute Gasteiger partial charge is 0.375 e. The number of nitrogens with zero attached hydrogens (tertiary/aromatic N) is 3. The Balaban J connectivity index is 1.33. The van der Waals surface area contributed by atoms with Gasteiger partial charge < -0.3 is 10.1 Å². The maximum absolute atomic E-state index is 6.31. The molecule has 0 aliphatic carbocycles. The van der Waals surface area contributed by atoms with Gasteiger partial charge in [0.1, 0.15) is 0 Å². The number of benzene rings is 1. The molecule has 26 heavy (non-hydrogen) atoms. The van der Waals surface area contributed by atoms with Crippen LogP contribution in [0.15, 0.2) is 42.7 Å². The third-order valence-electron chi connectivity index (χ3n) is 5.51. The van der Waals surface area contributed by atoms with E-state index in [0.717, 1.165) is 56.9 Å². The molecule has 2 fully saturated rings. The van der Waals surface area contributed by atoms with Crippen molar-refractivity contribution in [1.29, 1.82) is 0 Å². The fourth-order valence-electron chi connectivity index (χ4n) is 4.04. The molecule has 2 aliphatic heterocycles. The van der Waals surface area contributed by atoms with E-state index in [1.165, 1.54) is 5.56 Å². The lowest BCUT2D eigenvalue weighted by Crippen LogP contribution is -2.51. The number of rotatable bonds is 4. The lowest BCUT2D eigenvalue weighted by atomic mass is 9.82. The number of aromatic nitrogens is 2. The van der Waals surface area contributed by atoms with Crippen LogP contribution in [0.1, 0.15) is 31.2 Å². The topological polar surface area (TPSA) is 50.3 Å². The minimum absolute atomic E-state index is 0.0122. The van der Waals surface area contributed by atoms with E-state index in [4.69, 9.17) is 16.3 Å². The van der Waals surface area contributed by atoms with Crippen molar-refractivity contribution < 1.29 is 4.74 Å². The first-order valence-electron chi connectivity index (χ1n) is 9.36. The summed E-state index contributed by atoms with van der Waals surface area (Å²) >= 11 is 6.31. The Bertz CT molecular complexity index is 719. The molecule has 0 saturated carbocycles. The Morgan fingerprint density at radius 2 is 1.92 bits per heavy atom. The van der Waals surface area contributed by atoms with E-state index >= 15 is 0 Å². The quantitative estimate of drug-likeness (QED) is 0.885. The average molecular weight is 373 g/mol. The fourth-order valence-corrected chi connectivity index (χ4v) is 4.24. The Labute approximate surface area is 159 Å². The van der Waals surface area contributed by atoms with E-state index in [-0.39, 0.29) is 5.60 Å². The molecule has 2 saturated heterocycles. The molecule has 1 aromatic carbocycles. The molecule has 4 rings (SSSR count). The second-order valence-electron chi connectivity index (χ2n) is 7.31. The Morgan fingerprint density at radius 3 is 2.69 bits per heavy atom. The summed E-state index contributed by atoms with van der Waals surface area (Å²) in [5, 5.41) is 4.33. The van der Waals surface area contributed by atoms with Gasteiger partial charge in [0.2, 0.25) is 5.95 Å². The highest BCUT2D eigenvalue weighted by Gasteiger charge is 2.40. The van der Waals surface area contributed by atoms with Crippen LogP contribution in [0.3, 0.4) is 0 Å². The third kappa shape index (κ3) is 4.17. The monoisotopic (exact) mass is 372 g/mol. The molecule has 138 valence electrons. The van der Waals surface area contributed by atoms with Gasteiger partial charge >= 0.3 is 0 Å². The van der Waals surface area contributed by atoms with Crippen molar-refractivity contribution in [2.24, 2.45) is 0 Å². The van der Waals surface area contributed by atoms with Gasteiger partial charge in [-0.2, -0.15) is 0 Å². The van der Waals surface area contributed by atoms with Crippen molar-refractivity contribution in [2.45, 2.75) is 43.9 Å². The van der Waals surface area contributed by atoms with Crippen LogP contribution in [0.2, 0.25) is 5.02 Å². The van der Waals surface area contributed by atoms with Crippen molar-refractivity contribution in [3.8, 4) is 0 Å². The van der Waals surface area contributed by atoms with Crippen LogP contribution in [-0.2, 0) is 11.3 Å². The SMILES string of the molecule is Clc1ccccc1CN1CCC2(CC1)CC(Nc1ncccn1)CCO2. The van der Waals surface area contributed by atoms with Crippen molar-refractivity contribution >= 4 is 17.5 Å². The first-order valence-corrected chi connectivity index (χ1v) is 9.74. The minimum Gasteiger partial charge on any atom is -0.375 e. The summed E-state index contributed by atoms with van der Waals surface area (Å²) in [5.41, 5.74) is 1.19. The van der Waals surface area contributed by atoms with E-state index in [9.17, 15) is 0 Å². The zero-order chi connectivity index (χ0) is 17.8. The van der Waals surface area contributed by atoms with Crippen LogP contribution in [0.25, 0.3) is 0 Å². The van der Waals surface area contributed by atoms with Gasteiger partial charge in [-0.1, -0.05) is 29.8 Å². The predicted octanol–water partition coefficient (Wildman–Crippen LogP) is 3.76. The molecule has 1 unspecified atom stereocenters. The zero-order valence-corrected chi connectivity index (χ0v) is 15.7. The second kappa shape index (κ2) is 7.91. The average Bonchev–Trinajstić information content (AvgIpc) is 2.67. The molecule has 6 heteroatoms. The molecule has 1 N–H and O–H groups in total. The standard InChI is InChI=1S/C20H25ClN4O/c21-18-5-2-1-4-16(18)15-25-11-7-20(8-12-25)14-17(6-13-26-20)24-19-22-9-3-10-23-19/h1-5,9-10,17H,6-8,11-15H2,(H,22,23,24). The van der Waals surface area contributed by atoms with E-state index in [1.807, 2.05) is 18.2 Å². The maximum atomic E-state index is 6.31. The number of ether oxygens (including phenoxy) is 1. The Hall–Kier alpha value is -1.69. The van der Waals surface area contributed by atoms with Crippen LogP contribution in [0.4, 0.5) is 5.95 Å². The summed E-state index contributed by atoms with van der Waals surface area (Å²) in [4.78, 5) is 11.1. The number of piperidine rings is 1. The van der Waals surface area contributed by atoms with E-state index < -0.39 is 0 Å². The number of hydrogen-bond acceptors (Lipinski definition) is 5. The summed E-state index contributed by atoms with van der Waals surface area (Å²) in [6.07, 6.45) is 7.69. The van der Waals surface area contributed by atoms with Crippen molar-refractivity contribution in [2.75, 3.05) is 25.0 Å². The van der Waals surface area contributed by atoms with Gasteiger partial charge in [-0.05, 0) is 43.4 Å². The summed E-state index contributed by atoms with van der Waals surface area (Å²) in [6, 6.07) is 10.3. The summed E-state index contributed by atoms with van der Waals surface area (Å²) in [6.45, 7) is 3.80. The van der Waals surface area contributed by atoms with Gasteiger partial charge in [0, 0.05) is 49.7 Å². The first kappa shape index (κ1) is 17.7. The smallest absolute Gasteiger partial charge is 0.222 e. The highest BCUT2D eigenvalue weighted by molar-refractivity contribution is 6.31. The predicted molar refractivity (Wildman–Crippen MR) is 103 cm³/mol. The van der Waals surface area contributed by atoms with Gasteiger partial charge in [0.25, 0.3) is 0 Å². The van der Waals surface area contributed by atoms with Gasteiger partial charge in [-0.25, -0.2) is 9.97 Å². The molecule has 0 bridgehead atoms. The highest BCUT2D eigenvalue weighted by atomic mass is 35.5. The molecule has 1 atom stereocenters. The Kier molecular flexibility index (Phi) is 5.38. The normalized spacial score (nSPS) is 23.0. The van der Waals surface area contributed by atoms with Crippen LogP contribution in [-0.4, -0.2) is 46.2 Å². The number of anilines is 1. The number of hydrogen-bond donors (Lipinski definition) is 1. The van der Waals surface area contributed by atoms with Crippen molar-refractivity contribution in [3.05, 3.63) is 53.3 Å². The molecular formula is C20H25ClN4O. The number of likely N-dealkylation sites (tertiary alicyclic amines) is 1. The van der Waals surface area contributed by atoms with Crippen LogP contribution < -0.4 is 5.32 Å². The molecule has 2 aromatic rings. The molecule has 5 nitrogen and oxygen atoms in total. The molecule has 2 aliphatic rings. The molecule has 1 aromatic heterocycles. The molecule has 1 spiro atoms. The van der Waals surface area contributed by atoms with Crippen LogP contribution in [0, 0.1) is 0 Å². The van der Waals surface area contributed by atoms with Crippen LogP contribution in [0.5, 0.6) is 0 Å². The van der Waals surface area contributed by atoms with E-state index in [0.29, 0.717) is 12.0 Å². The number of nitrogens with one attached hydrogen (secondary N) is 1. The molecule has 0 amide bonds. The van der Waals surface area contributed by atoms with Gasteiger partial charge in [0.15, 0.2) is 0 Å². The van der Waals surface area contributed by atoms with Gasteiger partial charge in [-0.3, -0.25) is 4.90 Å². The van der Waals surface area contributed by atoms with E-state index in [2.05, 4.69) is 32.3 Å². The third-order valence-corrected chi connectivity index (χ3v) is 5.88. The molecule has 0 radical (unpaired) electrons. The minimum atomic E-state index is -0.0122. The van der Waals surface area contributed by atoms with Crippen molar-refractivity contribution in [3.63, 3.8) is 0 Å². The van der Waals surface area contributed by atoms with E-state index in [1.54, 1.807) is 12.4 Å². The second-order valence-corrected chi connectivity index (χ2v) is 7.71. The van der Waals surface area contributed by atoms with Crippen LogP contribution >= 0.6 is 11.6 Å². The number of halogens is 1. The lowest BCUT2D eigenvalue weighted by molar-refractivity contribution is -0.115. The molecule has 3 heterocycles. The Morgan fingerprint density at radius 1 is 1.15 bits per heavy atom.